The van der Waals surface area contributed by atoms with Gasteiger partial charge in [0.2, 0.25) is 11.8 Å². The molecule has 0 spiro atoms. The molecule has 0 radical (unpaired) electrons. The molecule has 4 rings (SSSR count). The zero-order chi connectivity index (χ0) is 26.4. The molecular weight excluding hydrogens is 481 g/mol. The fraction of sp³-hybridized carbons (Fsp3) is 0.773. The summed E-state index contributed by atoms with van der Waals surface area (Å²) in [4.78, 5) is 39.8. The number of rotatable bonds is 6. The lowest BCUT2D eigenvalue weighted by Gasteiger charge is -2.37. The number of nitrogens with zero attached hydrogens (tertiary/aromatic N) is 6. The van der Waals surface area contributed by atoms with E-state index in [4.69, 9.17) is 0 Å². The normalized spacial score (nSPS) is 26.8. The van der Waals surface area contributed by atoms with Crippen molar-refractivity contribution < 1.29 is 27.6 Å². The Balaban J connectivity index is 1.49. The van der Waals surface area contributed by atoms with E-state index in [1.165, 1.54) is 4.90 Å². The Hall–Kier alpha value is -3.24. The monoisotopic (exact) mass is 510 g/mol. The van der Waals surface area contributed by atoms with E-state index in [0.717, 1.165) is 6.42 Å². The number of likely N-dealkylation sites (tertiary alicyclic amines) is 1. The van der Waals surface area contributed by atoms with Gasteiger partial charge < -0.3 is 15.5 Å². The van der Waals surface area contributed by atoms with Crippen LogP contribution in [0.5, 0.6) is 0 Å². The Morgan fingerprint density at radius 3 is 2.47 bits per heavy atom. The molecule has 6 atom stereocenters. The number of amides is 3. The molecule has 2 aliphatic heterocycles. The largest absolute Gasteiger partial charge is 0.471 e. The molecule has 2 fully saturated rings. The molecule has 1 saturated carbocycles. The molecule has 36 heavy (non-hydrogen) atoms. The van der Waals surface area contributed by atoms with Gasteiger partial charge in [-0.1, -0.05) is 20.8 Å². The molecule has 0 aromatic carbocycles. The van der Waals surface area contributed by atoms with Crippen LogP contribution in [0.4, 0.5) is 13.2 Å². The molecule has 0 bridgehead atoms. The van der Waals surface area contributed by atoms with Crippen molar-refractivity contribution in [1.29, 1.82) is 5.26 Å². The zero-order valence-electron chi connectivity index (χ0n) is 20.2. The van der Waals surface area contributed by atoms with E-state index in [2.05, 4.69) is 26.9 Å². The molecule has 2 N–H and O–H groups in total. The highest BCUT2D eigenvalue weighted by Crippen LogP contribution is 2.45. The number of carbonyl (C=O) groups excluding carboxylic acids is 3. The van der Waals surface area contributed by atoms with Crippen LogP contribution >= 0.6 is 0 Å². The Kier molecular flexibility index (Phi) is 6.70. The third kappa shape index (κ3) is 4.87. The van der Waals surface area contributed by atoms with E-state index in [0.29, 0.717) is 31.6 Å². The lowest BCUT2D eigenvalue weighted by atomic mass is 9.73. The number of hydrogen-bond donors (Lipinski definition) is 2. The van der Waals surface area contributed by atoms with E-state index in [-0.39, 0.29) is 24.3 Å². The third-order valence-corrected chi connectivity index (χ3v) is 7.45. The van der Waals surface area contributed by atoms with E-state index in [1.54, 1.807) is 25.5 Å². The SMILES string of the molecule is CC(C)(C)[C@H](NC(=O)C(F)(F)F)C(=O)N1CC2CCC2C1C(=O)N[C@H](C#N)C[C@@H]1CCn2nnnc21. The van der Waals surface area contributed by atoms with Crippen LogP contribution in [-0.4, -0.2) is 73.7 Å². The Morgan fingerprint density at radius 1 is 1.17 bits per heavy atom. The van der Waals surface area contributed by atoms with Crippen molar-refractivity contribution >= 4 is 17.7 Å². The topological polar surface area (TPSA) is 146 Å². The number of tetrazole rings is 1. The van der Waals surface area contributed by atoms with Gasteiger partial charge in [-0.2, -0.15) is 18.4 Å². The third-order valence-electron chi connectivity index (χ3n) is 7.45. The standard InChI is InChI=1S/C22H29F3N8O3/c1-21(2,3)16(28-20(36)22(23,24)25)19(35)32-10-12-4-5-14(12)15(32)18(34)27-13(9-26)8-11-6-7-33-17(11)29-30-31-33/h11-16H,4-8,10H2,1-3H3,(H,27,34)(H,28,36)/t11-,12?,13-,14?,15?,16+/m0/s1. The minimum absolute atomic E-state index is 0.0450. The lowest BCUT2D eigenvalue weighted by molar-refractivity contribution is -0.176. The number of nitriles is 1. The van der Waals surface area contributed by atoms with Crippen molar-refractivity contribution in [2.75, 3.05) is 6.54 Å². The first-order chi connectivity index (χ1) is 16.8. The average molecular weight is 511 g/mol. The van der Waals surface area contributed by atoms with Crippen molar-refractivity contribution in [3.63, 3.8) is 0 Å². The fourth-order valence-corrected chi connectivity index (χ4v) is 5.40. The number of halogens is 3. The van der Waals surface area contributed by atoms with Crippen LogP contribution in [0.25, 0.3) is 0 Å². The molecule has 1 aromatic heterocycles. The zero-order valence-corrected chi connectivity index (χ0v) is 20.2. The van der Waals surface area contributed by atoms with Crippen LogP contribution in [0, 0.1) is 28.6 Å². The first-order valence-corrected chi connectivity index (χ1v) is 12.0. The summed E-state index contributed by atoms with van der Waals surface area (Å²) in [5.41, 5.74) is -1.04. The number of nitrogens with one attached hydrogen (secondary N) is 2. The maximum atomic E-state index is 13.5. The Bertz CT molecular complexity index is 1080. The average Bonchev–Trinajstić information content (AvgIpc) is 3.44. The van der Waals surface area contributed by atoms with Gasteiger partial charge in [-0.15, -0.1) is 5.10 Å². The van der Waals surface area contributed by atoms with Crippen LogP contribution in [-0.2, 0) is 20.9 Å². The Morgan fingerprint density at radius 2 is 1.89 bits per heavy atom. The van der Waals surface area contributed by atoms with Gasteiger partial charge in [0.05, 0.1) is 6.07 Å². The number of hydrogen-bond acceptors (Lipinski definition) is 7. The van der Waals surface area contributed by atoms with Crippen LogP contribution in [0.2, 0.25) is 0 Å². The van der Waals surface area contributed by atoms with Gasteiger partial charge in [-0.25, -0.2) is 4.68 Å². The van der Waals surface area contributed by atoms with Gasteiger partial charge in [0, 0.05) is 19.0 Å². The summed E-state index contributed by atoms with van der Waals surface area (Å²) < 4.78 is 40.5. The molecular formula is C22H29F3N8O3. The summed E-state index contributed by atoms with van der Waals surface area (Å²) >= 11 is 0. The number of carbonyl (C=O) groups is 3. The highest BCUT2D eigenvalue weighted by Gasteiger charge is 2.54. The molecule has 3 amide bonds. The van der Waals surface area contributed by atoms with Crippen LogP contribution < -0.4 is 10.6 Å². The molecule has 3 unspecified atom stereocenters. The van der Waals surface area contributed by atoms with Crippen LogP contribution in [0.1, 0.15) is 58.2 Å². The minimum atomic E-state index is -5.15. The highest BCUT2D eigenvalue weighted by molar-refractivity contribution is 5.94. The van der Waals surface area contributed by atoms with Crippen molar-refractivity contribution in [3.05, 3.63) is 5.82 Å². The summed E-state index contributed by atoms with van der Waals surface area (Å²) in [6.07, 6.45) is -2.67. The number of fused-ring (bicyclic) bond motifs is 2. The molecule has 14 heteroatoms. The quantitative estimate of drug-likeness (QED) is 0.578. The van der Waals surface area contributed by atoms with Crippen molar-refractivity contribution in [1.82, 2.24) is 35.7 Å². The fourth-order valence-electron chi connectivity index (χ4n) is 5.40. The molecule has 3 heterocycles. The lowest BCUT2D eigenvalue weighted by Crippen LogP contribution is -2.60. The molecule has 3 aliphatic rings. The minimum Gasteiger partial charge on any atom is -0.339 e. The summed E-state index contributed by atoms with van der Waals surface area (Å²) in [7, 11) is 0. The molecule has 1 aliphatic carbocycles. The number of aromatic nitrogens is 4. The van der Waals surface area contributed by atoms with E-state index < -0.39 is 47.4 Å². The van der Waals surface area contributed by atoms with Gasteiger partial charge in [0.1, 0.15) is 18.1 Å². The second-order valence-corrected chi connectivity index (χ2v) is 10.9. The maximum Gasteiger partial charge on any atom is 0.471 e. The van der Waals surface area contributed by atoms with Crippen molar-refractivity contribution in [3.8, 4) is 6.07 Å². The summed E-state index contributed by atoms with van der Waals surface area (Å²) in [6.45, 7) is 5.48. The van der Waals surface area contributed by atoms with Gasteiger partial charge in [-0.3, -0.25) is 14.4 Å². The Labute approximate surface area is 205 Å². The second kappa shape index (κ2) is 9.33. The van der Waals surface area contributed by atoms with Gasteiger partial charge >= 0.3 is 12.1 Å². The smallest absolute Gasteiger partial charge is 0.339 e. The van der Waals surface area contributed by atoms with Gasteiger partial charge in [0.25, 0.3) is 0 Å². The summed E-state index contributed by atoms with van der Waals surface area (Å²) in [6, 6.07) is -1.17. The van der Waals surface area contributed by atoms with E-state index in [9.17, 15) is 32.8 Å². The van der Waals surface area contributed by atoms with Crippen LogP contribution in [0.15, 0.2) is 0 Å². The number of aryl methyl sites for hydroxylation is 1. The van der Waals surface area contributed by atoms with Gasteiger partial charge in [0.15, 0.2) is 5.82 Å². The molecule has 1 saturated heterocycles. The maximum absolute atomic E-state index is 13.5. The van der Waals surface area contributed by atoms with E-state index in [1.807, 2.05) is 5.32 Å². The van der Waals surface area contributed by atoms with Crippen LogP contribution in [0.3, 0.4) is 0 Å². The summed E-state index contributed by atoms with van der Waals surface area (Å²) in [5.74, 6) is -3.02. The molecule has 196 valence electrons. The highest BCUT2D eigenvalue weighted by atomic mass is 19.4. The van der Waals surface area contributed by atoms with Crippen molar-refractivity contribution in [2.45, 2.75) is 83.2 Å². The predicted molar refractivity (Wildman–Crippen MR) is 116 cm³/mol. The summed E-state index contributed by atoms with van der Waals surface area (Å²) in [5, 5.41) is 25.7. The van der Waals surface area contributed by atoms with Gasteiger partial charge in [-0.05, 0) is 53.4 Å². The van der Waals surface area contributed by atoms with E-state index >= 15 is 0 Å². The van der Waals surface area contributed by atoms with Crippen molar-refractivity contribution in [2.24, 2.45) is 17.3 Å². The second-order valence-electron chi connectivity index (χ2n) is 10.9. The number of alkyl halides is 3. The molecule has 11 nitrogen and oxygen atoms in total. The predicted octanol–water partition coefficient (Wildman–Crippen LogP) is 0.889. The first-order valence-electron chi connectivity index (χ1n) is 12.0. The first kappa shape index (κ1) is 25.8. The molecule has 1 aromatic rings.